The molecule has 0 aliphatic rings. The van der Waals surface area contributed by atoms with Crippen LogP contribution in [0.4, 0.5) is 8.78 Å². The number of para-hydroxylation sites is 1. The Morgan fingerprint density at radius 3 is 2.72 bits per heavy atom. The SMILES string of the molecule is CCc1cccc2c(C(=O)/C(C#N)=C/c3ccc(F)c(F)c3)c[nH]c12. The van der Waals surface area contributed by atoms with Crippen LogP contribution in [0.1, 0.15) is 28.4 Å². The molecule has 0 aliphatic carbocycles. The number of ketones is 1. The lowest BCUT2D eigenvalue weighted by Gasteiger charge is -2.01. The van der Waals surface area contributed by atoms with E-state index in [9.17, 15) is 18.8 Å². The van der Waals surface area contributed by atoms with E-state index in [1.807, 2.05) is 31.2 Å². The van der Waals surface area contributed by atoms with Crippen molar-refractivity contribution in [3.05, 3.63) is 76.5 Å². The molecule has 0 fully saturated rings. The van der Waals surface area contributed by atoms with E-state index < -0.39 is 17.4 Å². The Bertz CT molecular complexity index is 1040. The lowest BCUT2D eigenvalue weighted by Crippen LogP contribution is -2.01. The number of benzene rings is 2. The Hall–Kier alpha value is -3.26. The molecular formula is C20H14F2N2O. The molecule has 0 bridgehead atoms. The van der Waals surface area contributed by atoms with Crippen LogP contribution in [0.25, 0.3) is 17.0 Å². The van der Waals surface area contributed by atoms with Gasteiger partial charge in [0.2, 0.25) is 5.78 Å². The fraction of sp³-hybridized carbons (Fsp3) is 0.100. The summed E-state index contributed by atoms with van der Waals surface area (Å²) in [5.41, 5.74) is 2.41. The van der Waals surface area contributed by atoms with Gasteiger partial charge in [-0.15, -0.1) is 0 Å². The Morgan fingerprint density at radius 2 is 2.04 bits per heavy atom. The zero-order valence-electron chi connectivity index (χ0n) is 13.4. The number of hydrogen-bond donors (Lipinski definition) is 1. The first-order chi connectivity index (χ1) is 12.0. The molecule has 124 valence electrons. The van der Waals surface area contributed by atoms with Gasteiger partial charge in [0.1, 0.15) is 11.6 Å². The quantitative estimate of drug-likeness (QED) is 0.423. The molecule has 0 atom stereocenters. The van der Waals surface area contributed by atoms with Gasteiger partial charge in [0, 0.05) is 22.7 Å². The molecule has 0 radical (unpaired) electrons. The van der Waals surface area contributed by atoms with E-state index in [2.05, 4.69) is 4.98 Å². The number of aryl methyl sites for hydroxylation is 1. The molecule has 1 heterocycles. The van der Waals surface area contributed by atoms with Crippen LogP contribution in [0.15, 0.2) is 48.2 Å². The Morgan fingerprint density at radius 1 is 1.24 bits per heavy atom. The zero-order valence-corrected chi connectivity index (χ0v) is 13.4. The van der Waals surface area contributed by atoms with Crippen molar-refractivity contribution >= 4 is 22.8 Å². The molecule has 0 saturated carbocycles. The molecule has 0 unspecified atom stereocenters. The van der Waals surface area contributed by atoms with E-state index in [1.54, 1.807) is 6.20 Å². The first-order valence-corrected chi connectivity index (χ1v) is 7.75. The molecule has 3 aromatic rings. The monoisotopic (exact) mass is 336 g/mol. The molecule has 25 heavy (non-hydrogen) atoms. The highest BCUT2D eigenvalue weighted by molar-refractivity contribution is 6.20. The minimum atomic E-state index is -1.03. The minimum absolute atomic E-state index is 0.145. The van der Waals surface area contributed by atoms with Crippen LogP contribution in [0, 0.1) is 23.0 Å². The minimum Gasteiger partial charge on any atom is -0.360 e. The summed E-state index contributed by atoms with van der Waals surface area (Å²) in [6.07, 6.45) is 3.64. The number of carbonyl (C=O) groups is 1. The second kappa shape index (κ2) is 6.70. The molecule has 3 rings (SSSR count). The van der Waals surface area contributed by atoms with E-state index >= 15 is 0 Å². The van der Waals surface area contributed by atoms with Crippen LogP contribution in [0.5, 0.6) is 0 Å². The summed E-state index contributed by atoms with van der Waals surface area (Å²) in [5, 5.41) is 10.1. The second-order valence-corrected chi connectivity index (χ2v) is 5.57. The van der Waals surface area contributed by atoms with Gasteiger partial charge in [0.25, 0.3) is 0 Å². The third-order valence-electron chi connectivity index (χ3n) is 4.05. The Labute approximate surface area is 143 Å². The van der Waals surface area contributed by atoms with E-state index in [0.717, 1.165) is 35.0 Å². The first-order valence-electron chi connectivity index (χ1n) is 7.75. The zero-order chi connectivity index (χ0) is 18.0. The maximum Gasteiger partial charge on any atom is 0.205 e. The van der Waals surface area contributed by atoms with Crippen molar-refractivity contribution in [3.8, 4) is 6.07 Å². The highest BCUT2D eigenvalue weighted by atomic mass is 19.2. The summed E-state index contributed by atoms with van der Waals surface area (Å²) in [4.78, 5) is 15.8. The maximum absolute atomic E-state index is 13.3. The number of H-pyrrole nitrogens is 1. The van der Waals surface area contributed by atoms with Gasteiger partial charge < -0.3 is 4.98 Å². The van der Waals surface area contributed by atoms with Gasteiger partial charge in [0.15, 0.2) is 11.6 Å². The summed E-state index contributed by atoms with van der Waals surface area (Å²) in [5.74, 6) is -2.48. The molecule has 0 saturated heterocycles. The number of halogens is 2. The average molecular weight is 336 g/mol. The van der Waals surface area contributed by atoms with Crippen molar-refractivity contribution in [1.82, 2.24) is 4.98 Å². The van der Waals surface area contributed by atoms with Crippen LogP contribution in [-0.4, -0.2) is 10.8 Å². The number of aromatic amines is 1. The maximum atomic E-state index is 13.3. The fourth-order valence-corrected chi connectivity index (χ4v) is 2.76. The summed E-state index contributed by atoms with van der Waals surface area (Å²) < 4.78 is 26.3. The molecule has 1 N–H and O–H groups in total. The third-order valence-corrected chi connectivity index (χ3v) is 4.05. The number of aromatic nitrogens is 1. The highest BCUT2D eigenvalue weighted by Crippen LogP contribution is 2.25. The summed E-state index contributed by atoms with van der Waals surface area (Å²) in [6.45, 7) is 2.01. The molecule has 2 aromatic carbocycles. The van der Waals surface area contributed by atoms with Gasteiger partial charge in [-0.2, -0.15) is 5.26 Å². The molecule has 0 aliphatic heterocycles. The number of nitrogens with zero attached hydrogens (tertiary/aromatic N) is 1. The second-order valence-electron chi connectivity index (χ2n) is 5.57. The van der Waals surface area contributed by atoms with Gasteiger partial charge in [-0.1, -0.05) is 31.2 Å². The largest absolute Gasteiger partial charge is 0.360 e. The van der Waals surface area contributed by atoms with Crippen LogP contribution in [0.3, 0.4) is 0 Å². The molecular weight excluding hydrogens is 322 g/mol. The van der Waals surface area contributed by atoms with Gasteiger partial charge in [-0.3, -0.25) is 4.79 Å². The van der Waals surface area contributed by atoms with Crippen molar-refractivity contribution in [2.24, 2.45) is 0 Å². The summed E-state index contributed by atoms with van der Waals surface area (Å²) >= 11 is 0. The van der Waals surface area contributed by atoms with Crippen molar-refractivity contribution in [1.29, 1.82) is 5.26 Å². The Balaban J connectivity index is 2.05. The summed E-state index contributed by atoms with van der Waals surface area (Å²) in [7, 11) is 0. The predicted molar refractivity (Wildman–Crippen MR) is 92.0 cm³/mol. The number of nitriles is 1. The summed E-state index contributed by atoms with van der Waals surface area (Å²) in [6, 6.07) is 10.7. The van der Waals surface area contributed by atoms with Gasteiger partial charge in [-0.25, -0.2) is 8.78 Å². The van der Waals surface area contributed by atoms with Crippen LogP contribution >= 0.6 is 0 Å². The number of allylic oxidation sites excluding steroid dienone is 1. The number of nitrogens with one attached hydrogen (secondary N) is 1. The number of carbonyl (C=O) groups excluding carboxylic acids is 1. The molecule has 1 aromatic heterocycles. The molecule has 0 spiro atoms. The number of fused-ring (bicyclic) bond motifs is 1. The van der Waals surface area contributed by atoms with Gasteiger partial charge >= 0.3 is 0 Å². The first kappa shape index (κ1) is 16.6. The van der Waals surface area contributed by atoms with Crippen LogP contribution in [0.2, 0.25) is 0 Å². The average Bonchev–Trinajstić information content (AvgIpc) is 3.06. The smallest absolute Gasteiger partial charge is 0.205 e. The number of Topliss-reactive ketones (excluding diaryl/α,β-unsaturated/α-hetero) is 1. The van der Waals surface area contributed by atoms with E-state index in [0.29, 0.717) is 5.56 Å². The van der Waals surface area contributed by atoms with Gasteiger partial charge in [-0.05, 0) is 35.8 Å². The lowest BCUT2D eigenvalue weighted by molar-refractivity contribution is 0.104. The van der Waals surface area contributed by atoms with Crippen molar-refractivity contribution in [2.45, 2.75) is 13.3 Å². The molecule has 0 amide bonds. The highest BCUT2D eigenvalue weighted by Gasteiger charge is 2.17. The number of hydrogen-bond acceptors (Lipinski definition) is 2. The fourth-order valence-electron chi connectivity index (χ4n) is 2.76. The third kappa shape index (κ3) is 3.07. The molecule has 3 nitrogen and oxygen atoms in total. The number of rotatable bonds is 4. The molecule has 5 heteroatoms. The topological polar surface area (TPSA) is 56.6 Å². The standard InChI is InChI=1S/C20H14F2N2O/c1-2-13-4-3-5-15-16(11-24-19(13)15)20(25)14(10-23)8-12-6-7-17(21)18(22)9-12/h3-9,11,24H,2H2,1H3/b14-8+. The van der Waals surface area contributed by atoms with Crippen molar-refractivity contribution < 1.29 is 13.6 Å². The van der Waals surface area contributed by atoms with Crippen LogP contribution in [-0.2, 0) is 6.42 Å². The van der Waals surface area contributed by atoms with E-state index in [4.69, 9.17) is 0 Å². The Kier molecular flexibility index (Phi) is 4.44. The van der Waals surface area contributed by atoms with E-state index in [-0.39, 0.29) is 11.1 Å². The van der Waals surface area contributed by atoms with Crippen molar-refractivity contribution in [2.75, 3.05) is 0 Å². The lowest BCUT2D eigenvalue weighted by atomic mass is 10.00. The van der Waals surface area contributed by atoms with Crippen LogP contribution < -0.4 is 0 Å². The predicted octanol–water partition coefficient (Wildman–Crippen LogP) is 4.80. The van der Waals surface area contributed by atoms with Crippen molar-refractivity contribution in [3.63, 3.8) is 0 Å². The van der Waals surface area contributed by atoms with Gasteiger partial charge in [0.05, 0.1) is 0 Å². The van der Waals surface area contributed by atoms with E-state index in [1.165, 1.54) is 12.1 Å². The normalized spacial score (nSPS) is 11.5.